The lowest BCUT2D eigenvalue weighted by Gasteiger charge is -2.36. The summed E-state index contributed by atoms with van der Waals surface area (Å²) in [5, 5.41) is 15.4. The second kappa shape index (κ2) is 8.97. The monoisotopic (exact) mass is 449 g/mol. The Labute approximate surface area is 192 Å². The van der Waals surface area contributed by atoms with E-state index in [1.807, 2.05) is 38.7 Å². The Bertz CT molecular complexity index is 1180. The number of aryl methyl sites for hydroxylation is 3. The summed E-state index contributed by atoms with van der Waals surface area (Å²) >= 11 is 0. The minimum absolute atomic E-state index is 0.0606. The quantitative estimate of drug-likeness (QED) is 0.435. The summed E-state index contributed by atoms with van der Waals surface area (Å²) in [5.74, 6) is 0.578. The summed E-state index contributed by atoms with van der Waals surface area (Å²) < 4.78 is 1.71. The number of nitro benzene ring substituents is 1. The molecule has 33 heavy (non-hydrogen) atoms. The Morgan fingerprint density at radius 3 is 2.18 bits per heavy atom. The zero-order valence-electron chi connectivity index (χ0n) is 19.3. The van der Waals surface area contributed by atoms with Crippen LogP contribution in [0.25, 0.3) is 5.95 Å². The molecule has 1 saturated heterocycles. The highest BCUT2D eigenvalue weighted by Gasteiger charge is 2.24. The Kier molecular flexibility index (Phi) is 6.08. The van der Waals surface area contributed by atoms with Crippen molar-refractivity contribution in [3.05, 3.63) is 68.8 Å². The molecule has 0 atom stereocenters. The number of nitro groups is 1. The fourth-order valence-electron chi connectivity index (χ4n) is 4.19. The number of hydrogen-bond acceptors (Lipinski definition) is 7. The molecule has 0 unspecified atom stereocenters. The first-order valence-corrected chi connectivity index (χ1v) is 10.9. The first-order valence-electron chi connectivity index (χ1n) is 10.9. The molecule has 0 aliphatic carbocycles. The van der Waals surface area contributed by atoms with Crippen LogP contribution >= 0.6 is 0 Å². The SMILES string of the molecule is Cc1cc(C)nc(-n2nc(C)c(CC(=O)N3CCN(c4ccc([N+](=O)[O-])cc4)CC3)c2C)n1. The van der Waals surface area contributed by atoms with E-state index in [9.17, 15) is 14.9 Å². The van der Waals surface area contributed by atoms with E-state index >= 15 is 0 Å². The summed E-state index contributed by atoms with van der Waals surface area (Å²) in [6, 6.07) is 8.44. The van der Waals surface area contributed by atoms with E-state index in [-0.39, 0.29) is 18.0 Å². The highest BCUT2D eigenvalue weighted by Crippen LogP contribution is 2.22. The molecule has 1 aliphatic rings. The summed E-state index contributed by atoms with van der Waals surface area (Å²) in [7, 11) is 0. The number of carbonyl (C=O) groups excluding carboxylic acids is 1. The molecule has 3 heterocycles. The van der Waals surface area contributed by atoms with Crippen molar-refractivity contribution in [2.24, 2.45) is 0 Å². The molecule has 10 nitrogen and oxygen atoms in total. The van der Waals surface area contributed by atoms with Gasteiger partial charge in [-0.15, -0.1) is 0 Å². The fourth-order valence-corrected chi connectivity index (χ4v) is 4.19. The first-order chi connectivity index (χ1) is 15.7. The number of piperazine rings is 1. The van der Waals surface area contributed by atoms with E-state index in [0.29, 0.717) is 32.1 Å². The van der Waals surface area contributed by atoms with Gasteiger partial charge in [-0.25, -0.2) is 14.6 Å². The Hall–Kier alpha value is -3.82. The molecule has 10 heteroatoms. The van der Waals surface area contributed by atoms with Crippen LogP contribution in [-0.2, 0) is 11.2 Å². The van der Waals surface area contributed by atoms with Crippen molar-refractivity contribution in [3.8, 4) is 5.95 Å². The zero-order valence-corrected chi connectivity index (χ0v) is 19.3. The standard InChI is InChI=1S/C23H27N7O3/c1-15-13-16(2)25-23(24-15)29-18(4)21(17(3)26-29)14-22(31)28-11-9-27(10-12-28)19-5-7-20(8-6-19)30(32)33/h5-8,13H,9-12,14H2,1-4H3. The normalized spacial score (nSPS) is 13.9. The van der Waals surface area contributed by atoms with Gasteiger partial charge in [0, 0.05) is 66.6 Å². The van der Waals surface area contributed by atoms with E-state index in [1.165, 1.54) is 12.1 Å². The number of nitrogens with zero attached hydrogens (tertiary/aromatic N) is 7. The van der Waals surface area contributed by atoms with Gasteiger partial charge in [-0.3, -0.25) is 14.9 Å². The summed E-state index contributed by atoms with van der Waals surface area (Å²) in [6.07, 6.45) is 0.278. The largest absolute Gasteiger partial charge is 0.368 e. The molecule has 0 spiro atoms. The van der Waals surface area contributed by atoms with Gasteiger partial charge < -0.3 is 9.80 Å². The molecule has 172 valence electrons. The van der Waals surface area contributed by atoms with Gasteiger partial charge in [-0.2, -0.15) is 5.10 Å². The van der Waals surface area contributed by atoms with Crippen LogP contribution in [0.15, 0.2) is 30.3 Å². The maximum Gasteiger partial charge on any atom is 0.269 e. The van der Waals surface area contributed by atoms with Crippen molar-refractivity contribution >= 4 is 17.3 Å². The Morgan fingerprint density at radius 2 is 1.61 bits per heavy atom. The predicted octanol–water partition coefficient (Wildman–Crippen LogP) is 2.70. The molecule has 0 bridgehead atoms. The van der Waals surface area contributed by atoms with Crippen molar-refractivity contribution in [2.75, 3.05) is 31.1 Å². The van der Waals surface area contributed by atoms with Crippen LogP contribution in [0.3, 0.4) is 0 Å². The van der Waals surface area contributed by atoms with E-state index in [0.717, 1.165) is 34.0 Å². The predicted molar refractivity (Wildman–Crippen MR) is 124 cm³/mol. The number of rotatable bonds is 5. The highest BCUT2D eigenvalue weighted by atomic mass is 16.6. The van der Waals surface area contributed by atoms with E-state index in [4.69, 9.17) is 0 Å². The second-order valence-corrected chi connectivity index (χ2v) is 8.33. The number of benzene rings is 1. The third kappa shape index (κ3) is 4.69. The van der Waals surface area contributed by atoms with Gasteiger partial charge >= 0.3 is 0 Å². The van der Waals surface area contributed by atoms with Crippen LogP contribution in [0.4, 0.5) is 11.4 Å². The van der Waals surface area contributed by atoms with Gasteiger partial charge in [0.1, 0.15) is 0 Å². The van der Waals surface area contributed by atoms with Crippen LogP contribution in [0.5, 0.6) is 0 Å². The van der Waals surface area contributed by atoms with Crippen LogP contribution in [0.1, 0.15) is 28.3 Å². The zero-order chi connectivity index (χ0) is 23.7. The number of amides is 1. The molecular weight excluding hydrogens is 422 g/mol. The maximum atomic E-state index is 13.1. The number of carbonyl (C=O) groups is 1. The van der Waals surface area contributed by atoms with Gasteiger partial charge in [-0.05, 0) is 45.9 Å². The van der Waals surface area contributed by atoms with E-state index in [2.05, 4.69) is 20.0 Å². The highest BCUT2D eigenvalue weighted by molar-refractivity contribution is 5.79. The molecule has 1 aliphatic heterocycles. The van der Waals surface area contributed by atoms with Crippen molar-refractivity contribution in [2.45, 2.75) is 34.1 Å². The van der Waals surface area contributed by atoms with Gasteiger partial charge in [0.25, 0.3) is 11.6 Å². The third-order valence-electron chi connectivity index (χ3n) is 5.99. The van der Waals surface area contributed by atoms with Crippen LogP contribution < -0.4 is 4.90 Å². The van der Waals surface area contributed by atoms with Gasteiger partial charge in [0.2, 0.25) is 5.91 Å². The summed E-state index contributed by atoms with van der Waals surface area (Å²) in [4.78, 5) is 36.5. The smallest absolute Gasteiger partial charge is 0.269 e. The first kappa shape index (κ1) is 22.4. The molecule has 0 radical (unpaired) electrons. The maximum absolute atomic E-state index is 13.1. The molecule has 4 rings (SSSR count). The molecule has 1 amide bonds. The number of aromatic nitrogens is 4. The fraction of sp³-hybridized carbons (Fsp3) is 0.391. The number of anilines is 1. The van der Waals surface area contributed by atoms with E-state index in [1.54, 1.807) is 16.8 Å². The van der Waals surface area contributed by atoms with Gasteiger partial charge in [0.15, 0.2) is 0 Å². The topological polar surface area (TPSA) is 110 Å². The van der Waals surface area contributed by atoms with Crippen molar-refractivity contribution in [1.82, 2.24) is 24.6 Å². The second-order valence-electron chi connectivity index (χ2n) is 8.33. The lowest BCUT2D eigenvalue weighted by atomic mass is 10.1. The molecule has 0 saturated carbocycles. The van der Waals surface area contributed by atoms with Gasteiger partial charge in [-0.1, -0.05) is 0 Å². The van der Waals surface area contributed by atoms with E-state index < -0.39 is 4.92 Å². The lowest BCUT2D eigenvalue weighted by Crippen LogP contribution is -2.49. The minimum atomic E-state index is -0.404. The molecular formula is C23H27N7O3. The average molecular weight is 450 g/mol. The van der Waals surface area contributed by atoms with Crippen LogP contribution in [0.2, 0.25) is 0 Å². The molecule has 3 aromatic rings. The van der Waals surface area contributed by atoms with Crippen molar-refractivity contribution in [3.63, 3.8) is 0 Å². The summed E-state index contributed by atoms with van der Waals surface area (Å²) in [5.41, 5.74) is 5.31. The van der Waals surface area contributed by atoms with Crippen LogP contribution in [0, 0.1) is 37.8 Å². The number of hydrogen-bond donors (Lipinski definition) is 0. The summed E-state index contributed by atoms with van der Waals surface area (Å²) in [6.45, 7) is 10.2. The molecule has 1 fully saturated rings. The van der Waals surface area contributed by atoms with Crippen LogP contribution in [-0.4, -0.2) is 61.7 Å². The Morgan fingerprint density at radius 1 is 1.00 bits per heavy atom. The van der Waals surface area contributed by atoms with Gasteiger partial charge in [0.05, 0.1) is 17.0 Å². The molecule has 0 N–H and O–H groups in total. The molecule has 1 aromatic carbocycles. The number of non-ortho nitro benzene ring substituents is 1. The molecule has 2 aromatic heterocycles. The lowest BCUT2D eigenvalue weighted by molar-refractivity contribution is -0.384. The van der Waals surface area contributed by atoms with Crippen molar-refractivity contribution < 1.29 is 9.72 Å². The third-order valence-corrected chi connectivity index (χ3v) is 5.99. The average Bonchev–Trinajstić information content (AvgIpc) is 3.07. The minimum Gasteiger partial charge on any atom is -0.368 e. The Balaban J connectivity index is 1.42. The van der Waals surface area contributed by atoms with Crippen molar-refractivity contribution in [1.29, 1.82) is 0 Å².